The third-order valence-electron chi connectivity index (χ3n) is 4.91. The van der Waals surface area contributed by atoms with Gasteiger partial charge in [-0.15, -0.1) is 11.8 Å². The van der Waals surface area contributed by atoms with E-state index in [9.17, 15) is 4.79 Å². The van der Waals surface area contributed by atoms with Crippen LogP contribution in [0, 0.1) is 0 Å². The highest BCUT2D eigenvalue weighted by atomic mass is 32.2. The lowest BCUT2D eigenvalue weighted by atomic mass is 10.0. The number of carbonyl (C=O) groups excluding carboxylic acids is 1. The summed E-state index contributed by atoms with van der Waals surface area (Å²) in [6.45, 7) is 8.29. The van der Waals surface area contributed by atoms with Crippen molar-refractivity contribution in [3.63, 3.8) is 0 Å². The van der Waals surface area contributed by atoms with Crippen molar-refractivity contribution < 1.29 is 9.53 Å². The van der Waals surface area contributed by atoms with Crippen molar-refractivity contribution in [3.8, 4) is 11.1 Å². The molecule has 1 aliphatic rings. The van der Waals surface area contributed by atoms with Crippen LogP contribution in [0.15, 0.2) is 60.2 Å². The van der Waals surface area contributed by atoms with Crippen molar-refractivity contribution in [3.05, 3.63) is 71.4 Å². The van der Waals surface area contributed by atoms with Gasteiger partial charge in [0.15, 0.2) is 5.65 Å². The summed E-state index contributed by atoms with van der Waals surface area (Å²) in [7, 11) is 0. The number of ether oxygens (including phenoxy) is 1. The van der Waals surface area contributed by atoms with Gasteiger partial charge >= 0.3 is 0 Å². The molecular weight excluding hydrogens is 396 g/mol. The van der Waals surface area contributed by atoms with Crippen LogP contribution in [0.4, 0.5) is 0 Å². The van der Waals surface area contributed by atoms with Crippen LogP contribution in [0.1, 0.15) is 23.0 Å². The fourth-order valence-electron chi connectivity index (χ4n) is 3.29. The number of pyridine rings is 1. The minimum atomic E-state index is 0.0406. The summed E-state index contributed by atoms with van der Waals surface area (Å²) in [6.07, 6.45) is 3.79. The molecule has 0 atom stereocenters. The zero-order valence-corrected chi connectivity index (χ0v) is 17.7. The van der Waals surface area contributed by atoms with E-state index < -0.39 is 0 Å². The maximum absolute atomic E-state index is 12.8. The summed E-state index contributed by atoms with van der Waals surface area (Å²) in [5, 5.41) is 10.4. The monoisotopic (exact) mass is 420 g/mol. The number of hydrogen-bond acceptors (Lipinski definition) is 5. The number of aromatic nitrogens is 3. The highest BCUT2D eigenvalue weighted by molar-refractivity contribution is 8.01. The number of nitrogens with one attached hydrogen (secondary N) is 1. The molecule has 3 heterocycles. The Hall–Kier alpha value is -2.90. The average molecular weight is 421 g/mol. The van der Waals surface area contributed by atoms with E-state index in [1.807, 2.05) is 47.6 Å². The van der Waals surface area contributed by atoms with Crippen LogP contribution in [0.2, 0.25) is 0 Å². The van der Waals surface area contributed by atoms with Crippen molar-refractivity contribution in [2.45, 2.75) is 12.7 Å². The number of carbonyl (C=O) groups is 1. The number of allylic oxidation sites excluding steroid dienone is 2. The first kappa shape index (κ1) is 20.4. The predicted octanol–water partition coefficient (Wildman–Crippen LogP) is 4.42. The van der Waals surface area contributed by atoms with Crippen molar-refractivity contribution in [2.24, 2.45) is 0 Å². The molecule has 1 saturated heterocycles. The van der Waals surface area contributed by atoms with Gasteiger partial charge in [-0.3, -0.25) is 9.89 Å². The molecule has 7 heteroatoms. The van der Waals surface area contributed by atoms with E-state index in [2.05, 4.69) is 27.8 Å². The smallest absolute Gasteiger partial charge is 0.254 e. The van der Waals surface area contributed by atoms with Gasteiger partial charge in [0.2, 0.25) is 0 Å². The van der Waals surface area contributed by atoms with Crippen LogP contribution in [-0.2, 0) is 10.5 Å². The maximum atomic E-state index is 12.8. The molecule has 1 amide bonds. The van der Waals surface area contributed by atoms with E-state index in [0.717, 1.165) is 33.5 Å². The average Bonchev–Trinajstić information content (AvgIpc) is 3.19. The summed E-state index contributed by atoms with van der Waals surface area (Å²) in [5.74, 6) is 0.805. The van der Waals surface area contributed by atoms with Crippen molar-refractivity contribution in [2.75, 3.05) is 26.3 Å². The van der Waals surface area contributed by atoms with E-state index in [1.165, 1.54) is 0 Å². The molecule has 0 spiro atoms. The molecular formula is C23H24N4O2S. The van der Waals surface area contributed by atoms with E-state index >= 15 is 0 Å². The molecule has 0 aliphatic carbocycles. The number of H-pyrrole nitrogens is 1. The number of hydrogen-bond donors (Lipinski definition) is 1. The zero-order chi connectivity index (χ0) is 20.9. The predicted molar refractivity (Wildman–Crippen MR) is 121 cm³/mol. The first-order valence-corrected chi connectivity index (χ1v) is 10.9. The van der Waals surface area contributed by atoms with Gasteiger partial charge in [-0.2, -0.15) is 5.10 Å². The Morgan fingerprint density at radius 2 is 2.13 bits per heavy atom. The minimum absolute atomic E-state index is 0.0406. The van der Waals surface area contributed by atoms with E-state index in [1.54, 1.807) is 18.0 Å². The van der Waals surface area contributed by atoms with E-state index in [-0.39, 0.29) is 5.91 Å². The number of aromatic amines is 1. The molecule has 1 fully saturated rings. The molecule has 6 nitrogen and oxygen atoms in total. The van der Waals surface area contributed by atoms with Gasteiger partial charge in [-0.05, 0) is 36.1 Å². The van der Waals surface area contributed by atoms with E-state index in [4.69, 9.17) is 4.74 Å². The second-order valence-corrected chi connectivity index (χ2v) is 8.14. The Morgan fingerprint density at radius 3 is 2.93 bits per heavy atom. The molecule has 1 N–H and O–H groups in total. The molecule has 4 rings (SSSR count). The number of morpholine rings is 1. The van der Waals surface area contributed by atoms with Crippen LogP contribution in [0.5, 0.6) is 0 Å². The second-order valence-electron chi connectivity index (χ2n) is 7.24. The number of benzene rings is 1. The molecule has 1 aliphatic heterocycles. The van der Waals surface area contributed by atoms with Gasteiger partial charge < -0.3 is 9.64 Å². The fraction of sp³-hybridized carbons (Fsp3) is 0.261. The molecule has 30 heavy (non-hydrogen) atoms. The number of fused-ring (bicyclic) bond motifs is 1. The summed E-state index contributed by atoms with van der Waals surface area (Å²) >= 11 is 1.68. The quantitative estimate of drug-likeness (QED) is 0.598. The SMILES string of the molecule is C=C(C)/C=C\SCc1[nH]nc2ncc(-c3cccc(C(=O)N4CCOCC4)c3)cc12. The fourth-order valence-corrected chi connectivity index (χ4v) is 4.11. The van der Waals surface area contributed by atoms with Gasteiger partial charge in [-0.25, -0.2) is 4.98 Å². The van der Waals surface area contributed by atoms with Crippen LogP contribution in [-0.4, -0.2) is 52.3 Å². The molecule has 0 unspecified atom stereocenters. The lowest BCUT2D eigenvalue weighted by molar-refractivity contribution is 0.0303. The molecule has 0 bridgehead atoms. The Kier molecular flexibility index (Phi) is 6.30. The number of thioether (sulfide) groups is 1. The molecule has 1 aromatic carbocycles. The lowest BCUT2D eigenvalue weighted by Gasteiger charge is -2.27. The highest BCUT2D eigenvalue weighted by Gasteiger charge is 2.19. The van der Waals surface area contributed by atoms with Gasteiger partial charge in [0.05, 0.1) is 18.9 Å². The van der Waals surface area contributed by atoms with E-state index in [0.29, 0.717) is 37.5 Å². The Morgan fingerprint density at radius 1 is 1.30 bits per heavy atom. The summed E-state index contributed by atoms with van der Waals surface area (Å²) in [5.41, 5.74) is 5.35. The van der Waals surface area contributed by atoms with Crippen molar-refractivity contribution >= 4 is 28.7 Å². The highest BCUT2D eigenvalue weighted by Crippen LogP contribution is 2.27. The Labute approximate surface area is 180 Å². The van der Waals surface area contributed by atoms with Crippen LogP contribution >= 0.6 is 11.8 Å². The third kappa shape index (κ3) is 4.63. The molecule has 3 aromatic rings. The van der Waals surface area contributed by atoms with Gasteiger partial charge in [0.1, 0.15) is 0 Å². The first-order valence-electron chi connectivity index (χ1n) is 9.86. The molecule has 154 valence electrons. The molecule has 0 saturated carbocycles. The third-order valence-corrected chi connectivity index (χ3v) is 5.69. The second kappa shape index (κ2) is 9.28. The molecule has 0 radical (unpaired) electrons. The largest absolute Gasteiger partial charge is 0.378 e. The number of nitrogens with zero attached hydrogens (tertiary/aromatic N) is 3. The Balaban J connectivity index is 1.57. The summed E-state index contributed by atoms with van der Waals surface area (Å²) in [4.78, 5) is 19.2. The van der Waals surface area contributed by atoms with Gasteiger partial charge in [-0.1, -0.05) is 30.4 Å². The summed E-state index contributed by atoms with van der Waals surface area (Å²) < 4.78 is 5.35. The van der Waals surface area contributed by atoms with Crippen LogP contribution in [0.25, 0.3) is 22.2 Å². The minimum Gasteiger partial charge on any atom is -0.378 e. The maximum Gasteiger partial charge on any atom is 0.254 e. The van der Waals surface area contributed by atoms with Crippen LogP contribution < -0.4 is 0 Å². The van der Waals surface area contributed by atoms with Gasteiger partial charge in [0.25, 0.3) is 5.91 Å². The van der Waals surface area contributed by atoms with Crippen molar-refractivity contribution in [1.82, 2.24) is 20.1 Å². The summed E-state index contributed by atoms with van der Waals surface area (Å²) in [6, 6.07) is 9.80. The normalized spacial score (nSPS) is 14.5. The van der Waals surface area contributed by atoms with Crippen LogP contribution in [0.3, 0.4) is 0 Å². The van der Waals surface area contributed by atoms with Gasteiger partial charge in [0, 0.05) is 41.6 Å². The lowest BCUT2D eigenvalue weighted by Crippen LogP contribution is -2.40. The van der Waals surface area contributed by atoms with Crippen molar-refractivity contribution in [1.29, 1.82) is 0 Å². The number of amides is 1. The number of rotatable bonds is 6. The molecule has 2 aromatic heterocycles. The Bertz CT molecular complexity index is 1100. The standard InChI is InChI=1S/C23H24N4O2S/c1-16(2)6-11-30-15-21-20-13-19(14-24-22(20)26-25-21)17-4-3-5-18(12-17)23(28)27-7-9-29-10-8-27/h3-6,11-14H,1,7-10,15H2,2H3,(H,24,25,26)/b11-6-. The first-order chi connectivity index (χ1) is 14.6. The zero-order valence-electron chi connectivity index (χ0n) is 16.9. The topological polar surface area (TPSA) is 71.1 Å².